The molecule has 0 radical (unpaired) electrons. The van der Waals surface area contributed by atoms with Crippen LogP contribution in [0.2, 0.25) is 0 Å². The molecule has 2 N–H and O–H groups in total. The Kier molecular flexibility index (Phi) is 3.86. The lowest BCUT2D eigenvalue weighted by Crippen LogP contribution is -2.27. The Bertz CT molecular complexity index is 538. The number of amides is 1. The second kappa shape index (κ2) is 5.99. The Labute approximate surface area is 130 Å². The molecular weight excluding hydrogens is 280 g/mol. The smallest absolute Gasteiger partial charge is 0.220 e. The molecule has 6 nitrogen and oxygen atoms in total. The molecule has 4 atom stereocenters. The minimum absolute atomic E-state index is 0.152. The van der Waals surface area contributed by atoms with Crippen molar-refractivity contribution in [2.45, 2.75) is 51.0 Å². The first-order valence-electron chi connectivity index (χ1n) is 8.53. The van der Waals surface area contributed by atoms with Crippen molar-refractivity contribution in [2.24, 2.45) is 17.8 Å². The summed E-state index contributed by atoms with van der Waals surface area (Å²) in [5, 5.41) is 10.2. The molecule has 2 bridgehead atoms. The fourth-order valence-electron chi connectivity index (χ4n) is 4.43. The van der Waals surface area contributed by atoms with E-state index in [-0.39, 0.29) is 5.91 Å². The summed E-state index contributed by atoms with van der Waals surface area (Å²) in [7, 11) is 0. The predicted molar refractivity (Wildman–Crippen MR) is 80.0 cm³/mol. The number of nitrogens with zero attached hydrogens (tertiary/aromatic N) is 2. The molecule has 1 aromatic heterocycles. The molecule has 0 aromatic carbocycles. The van der Waals surface area contributed by atoms with Crippen molar-refractivity contribution in [3.8, 4) is 0 Å². The molecule has 3 aliphatic rings. The largest absolute Gasteiger partial charge is 0.381 e. The maximum atomic E-state index is 12.1. The zero-order chi connectivity index (χ0) is 14.9. The fraction of sp³-hybridized carbons (Fsp3) is 0.812. The molecule has 1 aromatic rings. The van der Waals surface area contributed by atoms with Gasteiger partial charge in [0.05, 0.1) is 13.2 Å². The van der Waals surface area contributed by atoms with E-state index in [1.54, 1.807) is 0 Å². The Morgan fingerprint density at radius 2 is 2.27 bits per heavy atom. The topological polar surface area (TPSA) is 79.9 Å². The minimum Gasteiger partial charge on any atom is -0.381 e. The Morgan fingerprint density at radius 1 is 1.32 bits per heavy atom. The van der Waals surface area contributed by atoms with E-state index >= 15 is 0 Å². The maximum Gasteiger partial charge on any atom is 0.220 e. The summed E-state index contributed by atoms with van der Waals surface area (Å²) in [6, 6.07) is 0. The number of aromatic nitrogens is 3. The van der Waals surface area contributed by atoms with E-state index in [2.05, 4.69) is 20.5 Å². The summed E-state index contributed by atoms with van der Waals surface area (Å²) in [4.78, 5) is 16.6. The standard InChI is InChI=1S/C16H24N4O2/c21-15(7-13-6-10-1-2-11(13)5-10)17-8-14-18-16(20-19-14)12-3-4-22-9-12/h10-13H,1-9H2,(H,17,21)(H,18,19,20). The average Bonchev–Trinajstić information content (AvgIpc) is 3.27. The molecule has 2 aliphatic carbocycles. The van der Waals surface area contributed by atoms with Crippen molar-refractivity contribution in [3.05, 3.63) is 11.6 Å². The van der Waals surface area contributed by atoms with Crippen molar-refractivity contribution >= 4 is 5.91 Å². The molecule has 1 aliphatic heterocycles. The number of H-pyrrole nitrogens is 1. The van der Waals surface area contributed by atoms with Crippen LogP contribution < -0.4 is 5.32 Å². The highest BCUT2D eigenvalue weighted by atomic mass is 16.5. The zero-order valence-corrected chi connectivity index (χ0v) is 12.9. The normalized spacial score (nSPS) is 33.5. The first kappa shape index (κ1) is 14.2. The molecule has 3 fully saturated rings. The summed E-state index contributed by atoms with van der Waals surface area (Å²) in [5.41, 5.74) is 0. The molecule has 1 amide bonds. The van der Waals surface area contributed by atoms with Crippen LogP contribution in [0, 0.1) is 17.8 Å². The average molecular weight is 304 g/mol. The monoisotopic (exact) mass is 304 g/mol. The van der Waals surface area contributed by atoms with Gasteiger partial charge in [-0.15, -0.1) is 0 Å². The Hall–Kier alpha value is -1.43. The third-order valence-corrected chi connectivity index (χ3v) is 5.63. The molecule has 2 heterocycles. The van der Waals surface area contributed by atoms with Crippen LogP contribution in [0.25, 0.3) is 0 Å². The van der Waals surface area contributed by atoms with E-state index in [0.717, 1.165) is 36.5 Å². The van der Waals surface area contributed by atoms with Crippen LogP contribution in [0.1, 0.15) is 56.1 Å². The number of ether oxygens (including phenoxy) is 1. The van der Waals surface area contributed by atoms with Crippen molar-refractivity contribution in [3.63, 3.8) is 0 Å². The zero-order valence-electron chi connectivity index (χ0n) is 12.9. The number of hydrogen-bond donors (Lipinski definition) is 2. The molecule has 22 heavy (non-hydrogen) atoms. The van der Waals surface area contributed by atoms with Gasteiger partial charge in [0, 0.05) is 18.9 Å². The van der Waals surface area contributed by atoms with E-state index in [0.29, 0.717) is 31.4 Å². The highest BCUT2D eigenvalue weighted by molar-refractivity contribution is 5.76. The van der Waals surface area contributed by atoms with Crippen LogP contribution in [0.5, 0.6) is 0 Å². The van der Waals surface area contributed by atoms with Gasteiger partial charge in [-0.1, -0.05) is 6.42 Å². The molecule has 1 saturated heterocycles. The Balaban J connectivity index is 1.25. The van der Waals surface area contributed by atoms with Crippen LogP contribution in [0.4, 0.5) is 0 Å². The molecule has 0 spiro atoms. The second-order valence-corrected chi connectivity index (χ2v) is 7.12. The van der Waals surface area contributed by atoms with Crippen LogP contribution in [-0.4, -0.2) is 34.3 Å². The van der Waals surface area contributed by atoms with Crippen LogP contribution >= 0.6 is 0 Å². The van der Waals surface area contributed by atoms with Crippen LogP contribution in [-0.2, 0) is 16.1 Å². The third kappa shape index (κ3) is 2.89. The highest BCUT2D eigenvalue weighted by Gasteiger charge is 2.40. The summed E-state index contributed by atoms with van der Waals surface area (Å²) < 4.78 is 5.35. The van der Waals surface area contributed by atoms with Gasteiger partial charge in [0.1, 0.15) is 5.82 Å². The number of carbonyl (C=O) groups excluding carboxylic acids is 1. The molecule has 6 heteroatoms. The van der Waals surface area contributed by atoms with Gasteiger partial charge in [0.15, 0.2) is 5.82 Å². The van der Waals surface area contributed by atoms with Crippen molar-refractivity contribution in [1.82, 2.24) is 20.5 Å². The number of nitrogens with one attached hydrogen (secondary N) is 2. The van der Waals surface area contributed by atoms with Gasteiger partial charge in [-0.3, -0.25) is 9.89 Å². The third-order valence-electron chi connectivity index (χ3n) is 5.63. The number of fused-ring (bicyclic) bond motifs is 2. The quantitative estimate of drug-likeness (QED) is 0.868. The SMILES string of the molecule is O=C(CC1CC2CCC1C2)NCc1nc(C2CCOC2)n[nH]1. The van der Waals surface area contributed by atoms with Crippen LogP contribution in [0.3, 0.4) is 0 Å². The van der Waals surface area contributed by atoms with Gasteiger partial charge in [-0.2, -0.15) is 5.10 Å². The van der Waals surface area contributed by atoms with Gasteiger partial charge >= 0.3 is 0 Å². The minimum atomic E-state index is 0.152. The lowest BCUT2D eigenvalue weighted by Gasteiger charge is -2.20. The van der Waals surface area contributed by atoms with E-state index in [1.807, 2.05) is 0 Å². The van der Waals surface area contributed by atoms with E-state index in [1.165, 1.54) is 25.7 Å². The van der Waals surface area contributed by atoms with Gasteiger partial charge < -0.3 is 10.1 Å². The first-order valence-corrected chi connectivity index (χ1v) is 8.53. The highest BCUT2D eigenvalue weighted by Crippen LogP contribution is 2.49. The lowest BCUT2D eigenvalue weighted by atomic mass is 9.86. The van der Waals surface area contributed by atoms with E-state index in [9.17, 15) is 4.79 Å². The maximum absolute atomic E-state index is 12.1. The number of aromatic amines is 1. The van der Waals surface area contributed by atoms with E-state index < -0.39 is 0 Å². The van der Waals surface area contributed by atoms with Crippen LogP contribution in [0.15, 0.2) is 0 Å². The van der Waals surface area contributed by atoms with Crippen molar-refractivity contribution in [2.75, 3.05) is 13.2 Å². The van der Waals surface area contributed by atoms with Gasteiger partial charge in [-0.25, -0.2) is 4.98 Å². The summed E-state index contributed by atoms with van der Waals surface area (Å²) in [5.74, 6) is 4.32. The lowest BCUT2D eigenvalue weighted by molar-refractivity contribution is -0.122. The van der Waals surface area contributed by atoms with Crippen molar-refractivity contribution < 1.29 is 9.53 Å². The van der Waals surface area contributed by atoms with Gasteiger partial charge in [-0.05, 0) is 43.4 Å². The second-order valence-electron chi connectivity index (χ2n) is 7.12. The van der Waals surface area contributed by atoms with Gasteiger partial charge in [0.2, 0.25) is 5.91 Å². The summed E-state index contributed by atoms with van der Waals surface area (Å²) in [6.07, 6.45) is 6.98. The first-order chi connectivity index (χ1) is 10.8. The van der Waals surface area contributed by atoms with Crippen molar-refractivity contribution in [1.29, 1.82) is 0 Å². The molecule has 120 valence electrons. The van der Waals surface area contributed by atoms with Gasteiger partial charge in [0.25, 0.3) is 0 Å². The summed E-state index contributed by atoms with van der Waals surface area (Å²) in [6.45, 7) is 1.93. The fourth-order valence-corrected chi connectivity index (χ4v) is 4.43. The number of hydrogen-bond acceptors (Lipinski definition) is 4. The molecular formula is C16H24N4O2. The number of carbonyl (C=O) groups is 1. The molecule has 2 saturated carbocycles. The molecule has 4 rings (SSSR count). The predicted octanol–water partition coefficient (Wildman–Crippen LogP) is 1.75. The number of rotatable bonds is 5. The Morgan fingerprint density at radius 3 is 3.00 bits per heavy atom. The van der Waals surface area contributed by atoms with E-state index in [4.69, 9.17) is 4.74 Å². The summed E-state index contributed by atoms with van der Waals surface area (Å²) >= 11 is 0. The molecule has 4 unspecified atom stereocenters.